The zero-order valence-electron chi connectivity index (χ0n) is 12.3. The lowest BCUT2D eigenvalue weighted by molar-refractivity contribution is -0.116. The number of aromatic amines is 1. The molecule has 1 aromatic carbocycles. The van der Waals surface area contributed by atoms with E-state index in [0.717, 1.165) is 17.0 Å². The van der Waals surface area contributed by atoms with Gasteiger partial charge in [-0.05, 0) is 44.0 Å². The first-order valence-corrected chi connectivity index (χ1v) is 7.03. The SMILES string of the molecule is COc1ccc(NC(=O)CCc2c(C)n[nH]c2C)cc1Cl. The maximum absolute atomic E-state index is 12.0. The van der Waals surface area contributed by atoms with E-state index in [9.17, 15) is 4.79 Å². The first-order chi connectivity index (χ1) is 10.0. The summed E-state index contributed by atoms with van der Waals surface area (Å²) >= 11 is 6.02. The molecule has 112 valence electrons. The van der Waals surface area contributed by atoms with Crippen molar-refractivity contribution < 1.29 is 9.53 Å². The number of carbonyl (C=O) groups excluding carboxylic acids is 1. The van der Waals surface area contributed by atoms with E-state index >= 15 is 0 Å². The molecule has 2 N–H and O–H groups in total. The van der Waals surface area contributed by atoms with Crippen LogP contribution in [-0.2, 0) is 11.2 Å². The van der Waals surface area contributed by atoms with Crippen molar-refractivity contribution in [2.45, 2.75) is 26.7 Å². The second-order valence-electron chi connectivity index (χ2n) is 4.81. The van der Waals surface area contributed by atoms with Crippen molar-refractivity contribution in [2.24, 2.45) is 0 Å². The second kappa shape index (κ2) is 6.63. The third kappa shape index (κ3) is 3.76. The smallest absolute Gasteiger partial charge is 0.224 e. The molecule has 5 nitrogen and oxygen atoms in total. The quantitative estimate of drug-likeness (QED) is 0.891. The number of benzene rings is 1. The summed E-state index contributed by atoms with van der Waals surface area (Å²) in [4.78, 5) is 12.0. The summed E-state index contributed by atoms with van der Waals surface area (Å²) in [7, 11) is 1.55. The number of ether oxygens (including phenoxy) is 1. The molecular weight excluding hydrogens is 290 g/mol. The Morgan fingerprint density at radius 2 is 2.19 bits per heavy atom. The van der Waals surface area contributed by atoms with Crippen molar-refractivity contribution in [1.82, 2.24) is 10.2 Å². The van der Waals surface area contributed by atoms with Gasteiger partial charge in [0.25, 0.3) is 0 Å². The third-order valence-corrected chi connectivity index (χ3v) is 3.61. The van der Waals surface area contributed by atoms with Gasteiger partial charge in [-0.1, -0.05) is 11.6 Å². The standard InChI is InChI=1S/C15H18ClN3O2/c1-9-12(10(2)19-18-9)5-7-15(20)17-11-4-6-14(21-3)13(16)8-11/h4,6,8H,5,7H2,1-3H3,(H,17,20)(H,18,19). The number of rotatable bonds is 5. The molecule has 0 spiro atoms. The molecule has 2 aromatic rings. The molecule has 0 aliphatic heterocycles. The average molecular weight is 308 g/mol. The van der Waals surface area contributed by atoms with Crippen molar-refractivity contribution in [2.75, 3.05) is 12.4 Å². The van der Waals surface area contributed by atoms with Crippen LogP contribution in [0.3, 0.4) is 0 Å². The van der Waals surface area contributed by atoms with Crippen molar-refractivity contribution in [3.05, 3.63) is 40.2 Å². The molecule has 2 rings (SSSR count). The Morgan fingerprint density at radius 3 is 2.76 bits per heavy atom. The number of methoxy groups -OCH3 is 1. The topological polar surface area (TPSA) is 67.0 Å². The van der Waals surface area contributed by atoms with Crippen molar-refractivity contribution in [3.8, 4) is 5.75 Å². The van der Waals surface area contributed by atoms with E-state index in [2.05, 4.69) is 15.5 Å². The van der Waals surface area contributed by atoms with Crippen LogP contribution in [0.2, 0.25) is 5.02 Å². The van der Waals surface area contributed by atoms with E-state index in [4.69, 9.17) is 16.3 Å². The molecule has 0 atom stereocenters. The second-order valence-corrected chi connectivity index (χ2v) is 5.22. The molecular formula is C15H18ClN3O2. The van der Waals surface area contributed by atoms with E-state index in [0.29, 0.717) is 29.3 Å². The number of halogens is 1. The fourth-order valence-electron chi connectivity index (χ4n) is 2.15. The van der Waals surface area contributed by atoms with Crippen LogP contribution in [0, 0.1) is 13.8 Å². The number of aryl methyl sites for hydroxylation is 2. The summed E-state index contributed by atoms with van der Waals surface area (Å²) in [6.45, 7) is 3.89. The number of anilines is 1. The van der Waals surface area contributed by atoms with Crippen LogP contribution in [0.1, 0.15) is 23.4 Å². The predicted molar refractivity (Wildman–Crippen MR) is 83.0 cm³/mol. The van der Waals surface area contributed by atoms with Crippen LogP contribution in [-0.4, -0.2) is 23.2 Å². The van der Waals surface area contributed by atoms with Crippen LogP contribution >= 0.6 is 11.6 Å². The lowest BCUT2D eigenvalue weighted by atomic mass is 10.1. The summed E-state index contributed by atoms with van der Waals surface area (Å²) in [5, 5.41) is 10.3. The fraction of sp³-hybridized carbons (Fsp3) is 0.333. The van der Waals surface area contributed by atoms with Crippen LogP contribution in [0.4, 0.5) is 5.69 Å². The van der Waals surface area contributed by atoms with E-state index in [1.54, 1.807) is 25.3 Å². The van der Waals surface area contributed by atoms with Gasteiger partial charge in [0.05, 0.1) is 17.8 Å². The molecule has 0 radical (unpaired) electrons. The first kappa shape index (κ1) is 15.4. The first-order valence-electron chi connectivity index (χ1n) is 6.65. The lowest BCUT2D eigenvalue weighted by Crippen LogP contribution is -2.12. The van der Waals surface area contributed by atoms with Crippen molar-refractivity contribution >= 4 is 23.2 Å². The van der Waals surface area contributed by atoms with Gasteiger partial charge in [0, 0.05) is 17.8 Å². The summed E-state index contributed by atoms with van der Waals surface area (Å²) in [6, 6.07) is 5.16. The normalized spacial score (nSPS) is 10.5. The number of carbonyl (C=O) groups is 1. The third-order valence-electron chi connectivity index (χ3n) is 3.32. The molecule has 0 saturated carbocycles. The summed E-state index contributed by atoms with van der Waals surface area (Å²) in [5.41, 5.74) is 3.70. The minimum Gasteiger partial charge on any atom is -0.495 e. The number of nitrogens with zero attached hydrogens (tertiary/aromatic N) is 1. The van der Waals surface area contributed by atoms with Gasteiger partial charge < -0.3 is 10.1 Å². The molecule has 21 heavy (non-hydrogen) atoms. The minimum absolute atomic E-state index is 0.0590. The largest absolute Gasteiger partial charge is 0.495 e. The molecule has 0 aliphatic carbocycles. The van der Waals surface area contributed by atoms with Gasteiger partial charge >= 0.3 is 0 Å². The molecule has 1 aromatic heterocycles. The van der Waals surface area contributed by atoms with Crippen molar-refractivity contribution in [3.63, 3.8) is 0 Å². The fourth-order valence-corrected chi connectivity index (χ4v) is 2.41. The van der Waals surface area contributed by atoms with Crippen LogP contribution < -0.4 is 10.1 Å². The monoisotopic (exact) mass is 307 g/mol. The number of H-pyrrole nitrogens is 1. The van der Waals surface area contributed by atoms with E-state index in [1.807, 2.05) is 13.8 Å². The Balaban J connectivity index is 1.94. The highest BCUT2D eigenvalue weighted by molar-refractivity contribution is 6.32. The molecule has 0 unspecified atom stereocenters. The van der Waals surface area contributed by atoms with E-state index in [1.165, 1.54) is 0 Å². The molecule has 0 aliphatic rings. The van der Waals surface area contributed by atoms with Gasteiger partial charge in [0.2, 0.25) is 5.91 Å². The Bertz CT molecular complexity index is 633. The molecule has 0 bridgehead atoms. The van der Waals surface area contributed by atoms with Crippen LogP contribution in [0.5, 0.6) is 5.75 Å². The maximum atomic E-state index is 12.0. The van der Waals surface area contributed by atoms with Gasteiger partial charge in [-0.15, -0.1) is 0 Å². The van der Waals surface area contributed by atoms with Gasteiger partial charge in [-0.3, -0.25) is 9.89 Å². The lowest BCUT2D eigenvalue weighted by Gasteiger charge is -2.08. The number of amides is 1. The highest BCUT2D eigenvalue weighted by Gasteiger charge is 2.10. The Morgan fingerprint density at radius 1 is 1.43 bits per heavy atom. The zero-order valence-corrected chi connectivity index (χ0v) is 13.0. The van der Waals surface area contributed by atoms with Gasteiger partial charge in [-0.25, -0.2) is 0 Å². The predicted octanol–water partition coefficient (Wildman–Crippen LogP) is 3.26. The van der Waals surface area contributed by atoms with E-state index in [-0.39, 0.29) is 5.91 Å². The average Bonchev–Trinajstić information content (AvgIpc) is 2.76. The highest BCUT2D eigenvalue weighted by atomic mass is 35.5. The molecule has 0 saturated heterocycles. The summed E-state index contributed by atoms with van der Waals surface area (Å²) in [5.74, 6) is 0.524. The molecule has 1 heterocycles. The molecule has 1 amide bonds. The highest BCUT2D eigenvalue weighted by Crippen LogP contribution is 2.27. The number of aromatic nitrogens is 2. The molecule has 6 heteroatoms. The van der Waals surface area contributed by atoms with Gasteiger partial charge in [0.15, 0.2) is 0 Å². The Labute approximate surface area is 128 Å². The van der Waals surface area contributed by atoms with Gasteiger partial charge in [-0.2, -0.15) is 5.10 Å². The van der Waals surface area contributed by atoms with Crippen LogP contribution in [0.15, 0.2) is 18.2 Å². The number of hydrogen-bond acceptors (Lipinski definition) is 3. The number of hydrogen-bond donors (Lipinski definition) is 2. The zero-order chi connectivity index (χ0) is 15.4. The van der Waals surface area contributed by atoms with Gasteiger partial charge in [0.1, 0.15) is 5.75 Å². The number of nitrogens with one attached hydrogen (secondary N) is 2. The summed E-state index contributed by atoms with van der Waals surface area (Å²) in [6.07, 6.45) is 1.05. The minimum atomic E-state index is -0.0590. The maximum Gasteiger partial charge on any atom is 0.224 e. The molecule has 0 fully saturated rings. The van der Waals surface area contributed by atoms with Crippen molar-refractivity contribution in [1.29, 1.82) is 0 Å². The summed E-state index contributed by atoms with van der Waals surface area (Å²) < 4.78 is 5.07. The Hall–Kier alpha value is -2.01. The van der Waals surface area contributed by atoms with Crippen LogP contribution in [0.25, 0.3) is 0 Å². The Kier molecular flexibility index (Phi) is 4.85. The van der Waals surface area contributed by atoms with E-state index < -0.39 is 0 Å².